The molecule has 8 nitrogen and oxygen atoms in total. The summed E-state index contributed by atoms with van der Waals surface area (Å²) in [5.74, 6) is 0.215. The van der Waals surface area contributed by atoms with Gasteiger partial charge in [-0.15, -0.1) is 0 Å². The lowest BCUT2D eigenvalue weighted by atomic mass is 10.0. The van der Waals surface area contributed by atoms with Crippen LogP contribution in [0.5, 0.6) is 5.75 Å². The van der Waals surface area contributed by atoms with Crippen LogP contribution in [0.1, 0.15) is 54.2 Å². The number of fused-ring (bicyclic) bond motifs is 1. The molecule has 1 aliphatic rings. The molecule has 1 N–H and O–H groups in total. The third-order valence-electron chi connectivity index (χ3n) is 4.67. The van der Waals surface area contributed by atoms with E-state index < -0.39 is 5.60 Å². The molecule has 3 rings (SSSR count). The minimum absolute atomic E-state index is 0.0541. The second kappa shape index (κ2) is 9.05. The van der Waals surface area contributed by atoms with Crippen LogP contribution in [0.2, 0.25) is 0 Å². The number of benzene rings is 1. The number of Topliss-reactive ketones (excluding diaryl/α,β-unsaturated/α-hetero) is 1. The van der Waals surface area contributed by atoms with Crippen LogP contribution in [0.15, 0.2) is 18.2 Å². The van der Waals surface area contributed by atoms with E-state index in [2.05, 4.69) is 10.3 Å². The van der Waals surface area contributed by atoms with Crippen molar-refractivity contribution in [1.82, 2.24) is 9.88 Å². The Morgan fingerprint density at radius 2 is 2.00 bits per heavy atom. The van der Waals surface area contributed by atoms with E-state index in [1.54, 1.807) is 23.1 Å². The Hall–Kier alpha value is -2.94. The zero-order valence-electron chi connectivity index (χ0n) is 18.4. The molecule has 1 aromatic carbocycles. The molecule has 2 aromatic rings. The lowest BCUT2D eigenvalue weighted by Crippen LogP contribution is -2.39. The molecule has 1 aliphatic heterocycles. The zero-order valence-corrected chi connectivity index (χ0v) is 19.2. The van der Waals surface area contributed by atoms with Gasteiger partial charge in [-0.05, 0) is 45.9 Å². The number of ketones is 1. The molecule has 166 valence electrons. The Labute approximate surface area is 185 Å². The number of rotatable bonds is 5. The van der Waals surface area contributed by atoms with Crippen molar-refractivity contribution >= 4 is 34.3 Å². The summed E-state index contributed by atoms with van der Waals surface area (Å²) < 4.78 is 10.8. The lowest BCUT2D eigenvalue weighted by molar-refractivity contribution is -0.115. The number of hydrogen-bond acceptors (Lipinski definition) is 7. The van der Waals surface area contributed by atoms with Crippen molar-refractivity contribution in [2.24, 2.45) is 0 Å². The molecule has 9 heteroatoms. The topological polar surface area (TPSA) is 97.8 Å². The quantitative estimate of drug-likeness (QED) is 0.703. The van der Waals surface area contributed by atoms with Crippen LogP contribution < -0.4 is 10.1 Å². The first-order chi connectivity index (χ1) is 14.6. The normalized spacial score (nSPS) is 13.4. The van der Waals surface area contributed by atoms with Crippen molar-refractivity contribution in [1.29, 1.82) is 0 Å². The first-order valence-electron chi connectivity index (χ1n) is 10.00. The maximum atomic E-state index is 12.6. The Morgan fingerprint density at radius 3 is 2.65 bits per heavy atom. The summed E-state index contributed by atoms with van der Waals surface area (Å²) in [5.41, 5.74) is 1.49. The molecule has 0 radical (unpaired) electrons. The van der Waals surface area contributed by atoms with Gasteiger partial charge in [-0.25, -0.2) is 9.78 Å². The van der Waals surface area contributed by atoms with Gasteiger partial charge in [-0.1, -0.05) is 11.3 Å². The smallest absolute Gasteiger partial charge is 0.410 e. The van der Waals surface area contributed by atoms with E-state index in [9.17, 15) is 14.4 Å². The van der Waals surface area contributed by atoms with Crippen molar-refractivity contribution in [3.8, 4) is 5.75 Å². The SMILES string of the molecule is COc1ccc(C(C)=O)cc1CC(=O)Nc1nc2c(s1)CN(C(=O)OC(C)(C)C)CC2. The van der Waals surface area contributed by atoms with Crippen molar-refractivity contribution in [3.05, 3.63) is 39.9 Å². The Bertz CT molecular complexity index is 1010. The van der Waals surface area contributed by atoms with Crippen molar-refractivity contribution in [2.45, 2.75) is 52.7 Å². The summed E-state index contributed by atoms with van der Waals surface area (Å²) >= 11 is 1.35. The fourth-order valence-corrected chi connectivity index (χ4v) is 4.24. The summed E-state index contributed by atoms with van der Waals surface area (Å²) in [6, 6.07) is 5.03. The summed E-state index contributed by atoms with van der Waals surface area (Å²) in [6.45, 7) is 7.91. The number of methoxy groups -OCH3 is 1. The van der Waals surface area contributed by atoms with Crippen LogP contribution in [-0.2, 0) is 28.9 Å². The monoisotopic (exact) mass is 445 g/mol. The first-order valence-corrected chi connectivity index (χ1v) is 10.8. The molecule has 2 amide bonds. The maximum absolute atomic E-state index is 12.6. The number of anilines is 1. The lowest BCUT2D eigenvalue weighted by Gasteiger charge is -2.29. The van der Waals surface area contributed by atoms with E-state index in [1.165, 1.54) is 25.4 Å². The third kappa shape index (κ3) is 5.81. The van der Waals surface area contributed by atoms with Gasteiger partial charge in [0.2, 0.25) is 5.91 Å². The van der Waals surface area contributed by atoms with Gasteiger partial charge in [0.25, 0.3) is 0 Å². The minimum Gasteiger partial charge on any atom is -0.496 e. The number of aromatic nitrogens is 1. The molecule has 0 saturated carbocycles. The molecule has 0 unspecified atom stereocenters. The molecule has 0 saturated heterocycles. The second-order valence-electron chi connectivity index (χ2n) is 8.35. The fraction of sp³-hybridized carbons (Fsp3) is 0.455. The number of carbonyl (C=O) groups excluding carboxylic acids is 3. The molecular formula is C22H27N3O5S. The maximum Gasteiger partial charge on any atom is 0.410 e. The van der Waals surface area contributed by atoms with E-state index in [1.807, 2.05) is 20.8 Å². The highest BCUT2D eigenvalue weighted by Gasteiger charge is 2.28. The van der Waals surface area contributed by atoms with Crippen LogP contribution in [0.4, 0.5) is 9.93 Å². The number of amides is 2. The van der Waals surface area contributed by atoms with Gasteiger partial charge in [-0.2, -0.15) is 0 Å². The van der Waals surface area contributed by atoms with Crippen molar-refractivity contribution < 1.29 is 23.9 Å². The van der Waals surface area contributed by atoms with Gasteiger partial charge in [-0.3, -0.25) is 9.59 Å². The molecule has 0 bridgehead atoms. The Balaban J connectivity index is 1.66. The highest BCUT2D eigenvalue weighted by molar-refractivity contribution is 7.15. The van der Waals surface area contributed by atoms with E-state index in [4.69, 9.17) is 9.47 Å². The molecular weight excluding hydrogens is 418 g/mol. The Kier molecular flexibility index (Phi) is 6.64. The Morgan fingerprint density at radius 1 is 1.26 bits per heavy atom. The summed E-state index contributed by atoms with van der Waals surface area (Å²) in [6.07, 6.45) is 0.308. The molecule has 0 spiro atoms. The minimum atomic E-state index is -0.551. The third-order valence-corrected chi connectivity index (χ3v) is 5.67. The standard InChI is InChI=1S/C22H27N3O5S/c1-13(26)14-6-7-17(29-5)15(10-14)11-19(27)24-20-23-16-8-9-25(12-18(16)31-20)21(28)30-22(2,3)4/h6-7,10H,8-9,11-12H2,1-5H3,(H,23,24,27). The van der Waals surface area contributed by atoms with Gasteiger partial charge in [0, 0.05) is 29.0 Å². The van der Waals surface area contributed by atoms with E-state index in [-0.39, 0.29) is 24.2 Å². The number of ether oxygens (including phenoxy) is 2. The van der Waals surface area contributed by atoms with Gasteiger partial charge in [0.1, 0.15) is 11.4 Å². The molecule has 0 fully saturated rings. The van der Waals surface area contributed by atoms with E-state index in [0.717, 1.165) is 10.6 Å². The van der Waals surface area contributed by atoms with Crippen molar-refractivity contribution in [3.63, 3.8) is 0 Å². The molecule has 1 aromatic heterocycles. The highest BCUT2D eigenvalue weighted by Crippen LogP contribution is 2.29. The van der Waals surface area contributed by atoms with Gasteiger partial charge < -0.3 is 19.7 Å². The summed E-state index contributed by atoms with van der Waals surface area (Å²) in [5, 5.41) is 3.31. The summed E-state index contributed by atoms with van der Waals surface area (Å²) in [7, 11) is 1.52. The van der Waals surface area contributed by atoms with Gasteiger partial charge in [0.05, 0.1) is 25.8 Å². The van der Waals surface area contributed by atoms with Gasteiger partial charge >= 0.3 is 6.09 Å². The van der Waals surface area contributed by atoms with E-state index >= 15 is 0 Å². The number of thiazole rings is 1. The van der Waals surface area contributed by atoms with Crippen LogP contribution in [0.25, 0.3) is 0 Å². The first kappa shape index (κ1) is 22.7. The summed E-state index contributed by atoms with van der Waals surface area (Å²) in [4.78, 5) is 43.7. The van der Waals surface area contributed by atoms with Crippen LogP contribution >= 0.6 is 11.3 Å². The molecule has 0 atom stereocenters. The number of nitrogens with zero attached hydrogens (tertiary/aromatic N) is 2. The van der Waals surface area contributed by atoms with Crippen LogP contribution in [-0.4, -0.2) is 46.9 Å². The largest absolute Gasteiger partial charge is 0.496 e. The van der Waals surface area contributed by atoms with E-state index in [0.29, 0.717) is 41.5 Å². The number of hydrogen-bond donors (Lipinski definition) is 1. The molecule has 0 aliphatic carbocycles. The predicted octanol–water partition coefficient (Wildman–Crippen LogP) is 3.83. The van der Waals surface area contributed by atoms with Gasteiger partial charge in [0.15, 0.2) is 10.9 Å². The number of carbonyl (C=O) groups is 3. The fourth-order valence-electron chi connectivity index (χ4n) is 3.20. The zero-order chi connectivity index (χ0) is 22.8. The predicted molar refractivity (Wildman–Crippen MR) is 118 cm³/mol. The van der Waals surface area contributed by atoms with Crippen molar-refractivity contribution in [2.75, 3.05) is 19.0 Å². The van der Waals surface area contributed by atoms with Crippen LogP contribution in [0, 0.1) is 0 Å². The van der Waals surface area contributed by atoms with Crippen LogP contribution in [0.3, 0.4) is 0 Å². The molecule has 2 heterocycles. The second-order valence-corrected chi connectivity index (χ2v) is 9.43. The average molecular weight is 446 g/mol. The molecule has 31 heavy (non-hydrogen) atoms. The highest BCUT2D eigenvalue weighted by atomic mass is 32.1. The average Bonchev–Trinajstić information content (AvgIpc) is 3.07. The number of nitrogens with one attached hydrogen (secondary N) is 1.